The number of aromatic nitrogens is 2. The number of alkyl halides is 1. The zero-order valence-corrected chi connectivity index (χ0v) is 14.0. The van der Waals surface area contributed by atoms with Gasteiger partial charge in [0.15, 0.2) is 5.78 Å². The van der Waals surface area contributed by atoms with E-state index >= 15 is 0 Å². The van der Waals surface area contributed by atoms with Gasteiger partial charge < -0.3 is 20.1 Å². The smallest absolute Gasteiger partial charge is 0.331 e. The standard InChI is InChI=1S/C13H17BrN2O7/c1-3-8(18)13(12(14,22)9(19)7(5-17)23-13)16-4-6(2)10(20)15-11(16)21/h4,7,9,17,19,22H,3,5H2,1-2H3,(H,15,20,21)/t7-,9-,12-,13-/m1/s1. The summed E-state index contributed by atoms with van der Waals surface area (Å²) in [5, 5.41) is 30.1. The predicted octanol–water partition coefficient (Wildman–Crippen LogP) is -1.69. The maximum atomic E-state index is 12.5. The third kappa shape index (κ3) is 2.41. The number of halogens is 1. The molecule has 0 unspecified atom stereocenters. The second kappa shape index (κ2) is 5.95. The molecule has 0 amide bonds. The van der Waals surface area contributed by atoms with Crippen LogP contribution in [-0.2, 0) is 15.3 Å². The van der Waals surface area contributed by atoms with E-state index in [1.807, 2.05) is 4.98 Å². The Morgan fingerprint density at radius 2 is 2.13 bits per heavy atom. The minimum absolute atomic E-state index is 0.0988. The largest absolute Gasteiger partial charge is 0.394 e. The first-order valence-electron chi connectivity index (χ1n) is 6.87. The molecule has 0 aliphatic carbocycles. The quantitative estimate of drug-likeness (QED) is 0.448. The van der Waals surface area contributed by atoms with Crippen molar-refractivity contribution in [3.05, 3.63) is 32.6 Å². The van der Waals surface area contributed by atoms with Crippen LogP contribution >= 0.6 is 15.9 Å². The Bertz CT molecular complexity index is 741. The van der Waals surface area contributed by atoms with Crippen LogP contribution in [-0.4, -0.2) is 54.0 Å². The Hall–Kier alpha value is -1.33. The number of carbonyl (C=O) groups excluding carboxylic acids is 1. The zero-order valence-electron chi connectivity index (χ0n) is 12.4. The van der Waals surface area contributed by atoms with E-state index in [1.165, 1.54) is 13.8 Å². The number of ether oxygens (including phenoxy) is 1. The van der Waals surface area contributed by atoms with Crippen molar-refractivity contribution in [1.82, 2.24) is 9.55 Å². The van der Waals surface area contributed by atoms with E-state index in [0.29, 0.717) is 0 Å². The topological polar surface area (TPSA) is 142 Å². The molecule has 2 heterocycles. The van der Waals surface area contributed by atoms with E-state index in [4.69, 9.17) is 4.74 Å². The number of carbonyl (C=O) groups is 1. The molecule has 1 aliphatic heterocycles. The van der Waals surface area contributed by atoms with Gasteiger partial charge in [-0.05, 0) is 22.9 Å². The minimum atomic E-state index is -2.38. The van der Waals surface area contributed by atoms with E-state index in [-0.39, 0.29) is 12.0 Å². The molecule has 4 atom stereocenters. The van der Waals surface area contributed by atoms with Crippen molar-refractivity contribution >= 4 is 21.7 Å². The summed E-state index contributed by atoms with van der Waals surface area (Å²) in [4.78, 5) is 38.3. The van der Waals surface area contributed by atoms with Gasteiger partial charge in [-0.1, -0.05) is 6.92 Å². The van der Waals surface area contributed by atoms with Gasteiger partial charge in [-0.25, -0.2) is 4.79 Å². The second-order valence-corrected chi connectivity index (χ2v) is 6.53. The fourth-order valence-electron chi connectivity index (χ4n) is 2.61. The first-order chi connectivity index (χ1) is 10.6. The summed E-state index contributed by atoms with van der Waals surface area (Å²) < 4.78 is 3.78. The number of aromatic amines is 1. The lowest BCUT2D eigenvalue weighted by atomic mass is 9.96. The number of aliphatic hydroxyl groups is 3. The fourth-order valence-corrected chi connectivity index (χ4v) is 3.41. The molecule has 1 aromatic rings. The Morgan fingerprint density at radius 1 is 1.52 bits per heavy atom. The molecular formula is C13H17BrN2O7. The molecule has 0 radical (unpaired) electrons. The van der Waals surface area contributed by atoms with Gasteiger partial charge in [0.1, 0.15) is 12.2 Å². The normalized spacial score (nSPS) is 33.8. The molecule has 1 aliphatic rings. The van der Waals surface area contributed by atoms with Gasteiger partial charge in [0.25, 0.3) is 11.3 Å². The number of Topliss-reactive ketones (excluding diaryl/α,β-unsaturated/α-hetero) is 1. The average molecular weight is 393 g/mol. The molecule has 0 aromatic carbocycles. The number of ketones is 1. The first kappa shape index (κ1) is 18.0. The van der Waals surface area contributed by atoms with E-state index in [2.05, 4.69) is 15.9 Å². The van der Waals surface area contributed by atoms with E-state index in [1.54, 1.807) is 0 Å². The molecule has 4 N–H and O–H groups in total. The van der Waals surface area contributed by atoms with Crippen molar-refractivity contribution in [2.24, 2.45) is 0 Å². The summed E-state index contributed by atoms with van der Waals surface area (Å²) in [7, 11) is 0. The van der Waals surface area contributed by atoms with Crippen LogP contribution in [0.25, 0.3) is 0 Å². The molecule has 0 saturated carbocycles. The van der Waals surface area contributed by atoms with E-state index < -0.39 is 46.1 Å². The maximum absolute atomic E-state index is 12.5. The van der Waals surface area contributed by atoms with Crippen molar-refractivity contribution in [3.63, 3.8) is 0 Å². The summed E-state index contributed by atoms with van der Waals surface area (Å²) in [6.45, 7) is 2.20. The molecular weight excluding hydrogens is 376 g/mol. The predicted molar refractivity (Wildman–Crippen MR) is 81.2 cm³/mol. The highest BCUT2D eigenvalue weighted by molar-refractivity contribution is 9.10. The summed E-state index contributed by atoms with van der Waals surface area (Å²) in [6, 6.07) is 0. The van der Waals surface area contributed by atoms with Gasteiger partial charge in [0, 0.05) is 18.2 Å². The third-order valence-electron chi connectivity index (χ3n) is 3.88. The summed E-state index contributed by atoms with van der Waals surface area (Å²) >= 11 is 2.86. The lowest BCUT2D eigenvalue weighted by molar-refractivity contribution is -0.180. The van der Waals surface area contributed by atoms with Gasteiger partial charge in [-0.2, -0.15) is 0 Å². The van der Waals surface area contributed by atoms with E-state index in [0.717, 1.165) is 10.8 Å². The average Bonchev–Trinajstić information content (AvgIpc) is 2.70. The molecule has 1 fully saturated rings. The number of nitrogens with one attached hydrogen (secondary N) is 1. The maximum Gasteiger partial charge on any atom is 0.331 e. The van der Waals surface area contributed by atoms with Crippen LogP contribution < -0.4 is 11.2 Å². The van der Waals surface area contributed by atoms with Gasteiger partial charge in [-0.3, -0.25) is 19.1 Å². The van der Waals surface area contributed by atoms with Crippen molar-refractivity contribution in [3.8, 4) is 0 Å². The van der Waals surface area contributed by atoms with E-state index in [9.17, 15) is 29.7 Å². The first-order valence-corrected chi connectivity index (χ1v) is 7.67. The van der Waals surface area contributed by atoms with Crippen molar-refractivity contribution < 1.29 is 24.9 Å². The van der Waals surface area contributed by atoms with Crippen molar-refractivity contribution in [2.75, 3.05) is 6.61 Å². The van der Waals surface area contributed by atoms with Crippen LogP contribution in [0.4, 0.5) is 0 Å². The molecule has 0 bridgehead atoms. The molecule has 128 valence electrons. The van der Waals surface area contributed by atoms with Crippen LogP contribution in [0.1, 0.15) is 18.9 Å². The molecule has 2 rings (SSSR count). The monoisotopic (exact) mass is 392 g/mol. The highest BCUT2D eigenvalue weighted by Crippen LogP contribution is 2.48. The SMILES string of the molecule is CCC(=O)[C@@]1(n2cc(C)c(=O)[nH]c2=O)O[C@H](CO)[C@@H](O)[C@]1(O)Br. The van der Waals surface area contributed by atoms with Crippen LogP contribution in [0.15, 0.2) is 15.8 Å². The molecule has 1 aromatic heterocycles. The Morgan fingerprint density at radius 3 is 2.61 bits per heavy atom. The van der Waals surface area contributed by atoms with Gasteiger partial charge in [0.05, 0.1) is 6.61 Å². The fraction of sp³-hybridized carbons (Fsp3) is 0.615. The molecule has 23 heavy (non-hydrogen) atoms. The van der Waals surface area contributed by atoms with Crippen molar-refractivity contribution in [1.29, 1.82) is 0 Å². The Balaban J connectivity index is 2.83. The minimum Gasteiger partial charge on any atom is -0.394 e. The second-order valence-electron chi connectivity index (χ2n) is 5.32. The lowest BCUT2D eigenvalue weighted by Gasteiger charge is -2.37. The zero-order chi connectivity index (χ0) is 17.6. The van der Waals surface area contributed by atoms with Gasteiger partial charge in [0.2, 0.25) is 4.51 Å². The highest BCUT2D eigenvalue weighted by atomic mass is 79.9. The lowest BCUT2D eigenvalue weighted by Crippen LogP contribution is -2.61. The Kier molecular flexibility index (Phi) is 4.66. The molecule has 10 heteroatoms. The summed E-state index contributed by atoms with van der Waals surface area (Å²) in [5.74, 6) is -0.722. The molecule has 9 nitrogen and oxygen atoms in total. The van der Waals surface area contributed by atoms with Gasteiger partial charge in [-0.15, -0.1) is 0 Å². The van der Waals surface area contributed by atoms with Crippen LogP contribution in [0.5, 0.6) is 0 Å². The Labute approximate surface area is 138 Å². The van der Waals surface area contributed by atoms with Crippen LogP contribution in [0, 0.1) is 6.92 Å². The summed E-state index contributed by atoms with van der Waals surface area (Å²) in [5.41, 5.74) is -3.88. The number of hydrogen-bond acceptors (Lipinski definition) is 7. The molecule has 0 spiro atoms. The number of H-pyrrole nitrogens is 1. The number of rotatable bonds is 4. The van der Waals surface area contributed by atoms with Crippen molar-refractivity contribution in [2.45, 2.75) is 42.7 Å². The van der Waals surface area contributed by atoms with Gasteiger partial charge >= 0.3 is 5.69 Å². The molecule has 1 saturated heterocycles. The number of hydrogen-bond donors (Lipinski definition) is 4. The van der Waals surface area contributed by atoms with Crippen LogP contribution in [0.3, 0.4) is 0 Å². The summed E-state index contributed by atoms with van der Waals surface area (Å²) in [6.07, 6.45) is -2.08. The third-order valence-corrected chi connectivity index (χ3v) is 4.89. The number of nitrogens with zero attached hydrogens (tertiary/aromatic N) is 1. The highest BCUT2D eigenvalue weighted by Gasteiger charge is 2.69. The van der Waals surface area contributed by atoms with Crippen LogP contribution in [0.2, 0.25) is 0 Å². The number of aliphatic hydroxyl groups excluding tert-OH is 2. The number of aryl methyl sites for hydroxylation is 1.